The van der Waals surface area contributed by atoms with Crippen molar-refractivity contribution in [1.29, 1.82) is 0 Å². The molecule has 25 heavy (non-hydrogen) atoms. The maximum Gasteiger partial charge on any atom is 0.223 e. The molecule has 0 fully saturated rings. The van der Waals surface area contributed by atoms with E-state index in [1.807, 2.05) is 32.8 Å². The Balaban J connectivity index is 2.23. The fraction of sp³-hybridized carbons (Fsp3) is 0.333. The highest BCUT2D eigenvalue weighted by molar-refractivity contribution is 9.10. The molecule has 0 aliphatic heterocycles. The van der Waals surface area contributed by atoms with Gasteiger partial charge in [-0.15, -0.1) is 0 Å². The number of fused-ring (bicyclic) bond motifs is 1. The van der Waals surface area contributed by atoms with Crippen molar-refractivity contribution < 1.29 is 4.73 Å². The lowest BCUT2D eigenvalue weighted by atomic mass is 10.1. The van der Waals surface area contributed by atoms with E-state index in [9.17, 15) is 5.21 Å². The van der Waals surface area contributed by atoms with Crippen LogP contribution in [0.15, 0.2) is 10.7 Å². The number of nitrogen functional groups attached to an aromatic ring is 1. The number of pyridine rings is 1. The molecule has 0 saturated heterocycles. The van der Waals surface area contributed by atoms with Gasteiger partial charge >= 0.3 is 0 Å². The molecule has 3 aromatic heterocycles. The van der Waals surface area contributed by atoms with Crippen molar-refractivity contribution in [1.82, 2.24) is 19.7 Å². The average Bonchev–Trinajstić information content (AvgIpc) is 2.88. The third-order valence-corrected chi connectivity index (χ3v) is 5.45. The zero-order chi connectivity index (χ0) is 18.5. The Hall–Kier alpha value is -2.13. The van der Waals surface area contributed by atoms with Crippen LogP contribution >= 0.6 is 27.5 Å². The van der Waals surface area contributed by atoms with E-state index in [-0.39, 0.29) is 17.6 Å². The Morgan fingerprint density at radius 1 is 1.36 bits per heavy atom. The maximum absolute atomic E-state index is 12.4. The Morgan fingerprint density at radius 2 is 2.04 bits per heavy atom. The molecule has 2 N–H and O–H groups in total. The Kier molecular flexibility index (Phi) is 4.46. The minimum absolute atomic E-state index is 0.0563. The fourth-order valence-corrected chi connectivity index (χ4v) is 3.27. The summed E-state index contributed by atoms with van der Waals surface area (Å²) in [5, 5.41) is 17.8. The third-order valence-electron chi connectivity index (χ3n) is 3.95. The zero-order valence-electron chi connectivity index (χ0n) is 14.2. The number of halogens is 2. The molecule has 3 heterocycles. The number of rotatable bonds is 3. The van der Waals surface area contributed by atoms with Gasteiger partial charge in [-0.25, -0.2) is 9.67 Å². The highest BCUT2D eigenvalue weighted by atomic mass is 79.9. The van der Waals surface area contributed by atoms with Gasteiger partial charge in [-0.05, 0) is 29.8 Å². The van der Waals surface area contributed by atoms with Crippen molar-refractivity contribution >= 4 is 50.3 Å². The molecule has 0 unspecified atom stereocenters. The van der Waals surface area contributed by atoms with Crippen LogP contribution in [0.5, 0.6) is 0 Å². The lowest BCUT2D eigenvalue weighted by Gasteiger charge is -2.11. The summed E-state index contributed by atoms with van der Waals surface area (Å²) in [7, 11) is 3.70. The highest BCUT2D eigenvalue weighted by Gasteiger charge is 2.22. The summed E-state index contributed by atoms with van der Waals surface area (Å²) in [6.45, 7) is 3.98. The van der Waals surface area contributed by atoms with E-state index in [1.165, 1.54) is 6.20 Å². The van der Waals surface area contributed by atoms with Crippen LogP contribution in [0.25, 0.3) is 11.0 Å². The standard InChI is InChI=1S/C15H17BrClN7O/c1-7-5-24(25)9(8(2)11(7)16)6-23-13-10(14(21-23)22(3)4)12(17)19-15(18)20-13/h5H,6H2,1-4H3,(H2,18,19,20). The van der Waals surface area contributed by atoms with Gasteiger partial charge in [0, 0.05) is 29.7 Å². The largest absolute Gasteiger partial charge is 0.618 e. The minimum Gasteiger partial charge on any atom is -0.618 e. The van der Waals surface area contributed by atoms with Crippen LogP contribution in [0.1, 0.15) is 16.8 Å². The van der Waals surface area contributed by atoms with Crippen LogP contribution in [0.4, 0.5) is 11.8 Å². The number of hydrogen-bond acceptors (Lipinski definition) is 6. The Labute approximate surface area is 157 Å². The molecule has 3 rings (SSSR count). The monoisotopic (exact) mass is 425 g/mol. The maximum atomic E-state index is 12.4. The van der Waals surface area contributed by atoms with Gasteiger partial charge in [0.05, 0.1) is 0 Å². The second-order valence-electron chi connectivity index (χ2n) is 5.97. The topological polar surface area (TPSA) is 99.8 Å². The summed E-state index contributed by atoms with van der Waals surface area (Å²) in [5.74, 6) is 0.669. The van der Waals surface area contributed by atoms with Crippen LogP contribution in [-0.2, 0) is 6.54 Å². The first-order valence-electron chi connectivity index (χ1n) is 7.45. The van der Waals surface area contributed by atoms with Gasteiger partial charge in [0.15, 0.2) is 17.7 Å². The van der Waals surface area contributed by atoms with Crippen molar-refractivity contribution in [3.05, 3.63) is 37.9 Å². The van der Waals surface area contributed by atoms with Crippen LogP contribution in [-0.4, -0.2) is 33.8 Å². The molecule has 0 atom stereocenters. The van der Waals surface area contributed by atoms with Crippen molar-refractivity contribution in [2.24, 2.45) is 0 Å². The van der Waals surface area contributed by atoms with Gasteiger partial charge < -0.3 is 15.8 Å². The van der Waals surface area contributed by atoms with Crippen molar-refractivity contribution in [3.8, 4) is 0 Å². The first-order valence-corrected chi connectivity index (χ1v) is 8.62. The molecule has 132 valence electrons. The van der Waals surface area contributed by atoms with Crippen LogP contribution in [0.3, 0.4) is 0 Å². The second-order valence-corrected chi connectivity index (χ2v) is 7.12. The van der Waals surface area contributed by atoms with Crippen LogP contribution < -0.4 is 15.4 Å². The lowest BCUT2D eigenvalue weighted by Crippen LogP contribution is -2.35. The number of anilines is 2. The smallest absolute Gasteiger partial charge is 0.223 e. The number of hydrogen-bond donors (Lipinski definition) is 1. The Bertz CT molecular complexity index is 986. The quantitative estimate of drug-likeness (QED) is 0.391. The SMILES string of the molecule is Cc1c[n+]([O-])c(Cn2nc(N(C)C)c3c(Cl)nc(N)nc32)c(C)c1Br. The molecule has 3 aromatic rings. The molecule has 8 nitrogen and oxygen atoms in total. The molecule has 0 aliphatic rings. The van der Waals surface area contributed by atoms with Gasteiger partial charge in [0.2, 0.25) is 11.6 Å². The average molecular weight is 427 g/mol. The summed E-state index contributed by atoms with van der Waals surface area (Å²) < 4.78 is 3.36. The first-order chi connectivity index (χ1) is 11.7. The predicted octanol–water partition coefficient (Wildman–Crippen LogP) is 2.19. The van der Waals surface area contributed by atoms with E-state index in [0.717, 1.165) is 20.3 Å². The van der Waals surface area contributed by atoms with E-state index < -0.39 is 0 Å². The molecule has 0 radical (unpaired) electrons. The van der Waals surface area contributed by atoms with Crippen LogP contribution in [0.2, 0.25) is 5.15 Å². The summed E-state index contributed by atoms with van der Waals surface area (Å²) in [5.41, 5.74) is 8.49. The molecular weight excluding hydrogens is 410 g/mol. The Morgan fingerprint density at radius 3 is 2.68 bits per heavy atom. The second kappa shape index (κ2) is 6.30. The van der Waals surface area contributed by atoms with E-state index in [1.54, 1.807) is 4.68 Å². The predicted molar refractivity (Wildman–Crippen MR) is 101 cm³/mol. The molecule has 10 heteroatoms. The minimum atomic E-state index is 0.0563. The fourth-order valence-electron chi connectivity index (χ4n) is 2.68. The van der Waals surface area contributed by atoms with E-state index >= 15 is 0 Å². The molecule has 0 spiro atoms. The van der Waals surface area contributed by atoms with Gasteiger partial charge in [-0.2, -0.15) is 14.8 Å². The number of nitrogens with zero attached hydrogens (tertiary/aromatic N) is 6. The summed E-state index contributed by atoms with van der Waals surface area (Å²) in [6, 6.07) is 0. The van der Waals surface area contributed by atoms with Gasteiger partial charge in [-0.1, -0.05) is 11.6 Å². The van der Waals surface area contributed by atoms with Crippen molar-refractivity contribution in [2.75, 3.05) is 24.7 Å². The number of aromatic nitrogens is 5. The van der Waals surface area contributed by atoms with Crippen molar-refractivity contribution in [2.45, 2.75) is 20.4 Å². The van der Waals surface area contributed by atoms with Crippen molar-refractivity contribution in [3.63, 3.8) is 0 Å². The molecule has 0 aromatic carbocycles. The molecular formula is C15H17BrClN7O. The summed E-state index contributed by atoms with van der Waals surface area (Å²) in [4.78, 5) is 10.1. The summed E-state index contributed by atoms with van der Waals surface area (Å²) >= 11 is 9.77. The zero-order valence-corrected chi connectivity index (χ0v) is 16.6. The summed E-state index contributed by atoms with van der Waals surface area (Å²) in [6.07, 6.45) is 1.53. The van der Waals surface area contributed by atoms with E-state index in [2.05, 4.69) is 31.0 Å². The lowest BCUT2D eigenvalue weighted by molar-refractivity contribution is -0.615. The van der Waals surface area contributed by atoms with E-state index in [4.69, 9.17) is 17.3 Å². The van der Waals surface area contributed by atoms with Crippen LogP contribution in [0, 0.1) is 19.1 Å². The normalized spacial score (nSPS) is 11.3. The molecule has 0 aliphatic carbocycles. The molecule has 0 saturated carbocycles. The van der Waals surface area contributed by atoms with Gasteiger partial charge in [0.1, 0.15) is 17.1 Å². The van der Waals surface area contributed by atoms with E-state index in [0.29, 0.717) is 22.5 Å². The molecule has 0 bridgehead atoms. The highest BCUT2D eigenvalue weighted by Crippen LogP contribution is 2.31. The number of aryl methyl sites for hydroxylation is 1. The third kappa shape index (κ3) is 2.98. The van der Waals surface area contributed by atoms with Gasteiger partial charge in [-0.3, -0.25) is 0 Å². The first kappa shape index (κ1) is 17.7. The number of nitrogens with two attached hydrogens (primary N) is 1. The van der Waals surface area contributed by atoms with Gasteiger partial charge in [0.25, 0.3) is 0 Å². The molecule has 0 amide bonds.